The molecular formula is C12H19ClN2O2S2. The van der Waals surface area contributed by atoms with Crippen molar-refractivity contribution in [3.63, 3.8) is 0 Å². The van der Waals surface area contributed by atoms with Crippen molar-refractivity contribution in [3.8, 4) is 0 Å². The summed E-state index contributed by atoms with van der Waals surface area (Å²) in [6.07, 6.45) is 3.38. The smallest absolute Gasteiger partial charge is 0.252 e. The van der Waals surface area contributed by atoms with E-state index in [-0.39, 0.29) is 6.04 Å². The van der Waals surface area contributed by atoms with Gasteiger partial charge in [-0.3, -0.25) is 0 Å². The molecule has 4 nitrogen and oxygen atoms in total. The maximum atomic E-state index is 12.5. The molecule has 1 atom stereocenters. The molecule has 1 aliphatic heterocycles. The van der Waals surface area contributed by atoms with Crippen molar-refractivity contribution in [2.45, 2.75) is 36.4 Å². The highest BCUT2D eigenvalue weighted by Crippen LogP contribution is 2.28. The van der Waals surface area contributed by atoms with Crippen molar-refractivity contribution in [1.82, 2.24) is 9.62 Å². The molecule has 0 bridgehead atoms. The van der Waals surface area contributed by atoms with E-state index in [2.05, 4.69) is 5.32 Å². The monoisotopic (exact) mass is 322 g/mol. The Bertz CT molecular complexity index is 510. The fourth-order valence-electron chi connectivity index (χ4n) is 2.29. The number of sulfonamides is 1. The van der Waals surface area contributed by atoms with Crippen LogP contribution in [0.5, 0.6) is 0 Å². The molecule has 0 aliphatic carbocycles. The maximum absolute atomic E-state index is 12.5. The van der Waals surface area contributed by atoms with E-state index >= 15 is 0 Å². The number of thiophene rings is 1. The van der Waals surface area contributed by atoms with Crippen LogP contribution in [-0.2, 0) is 10.0 Å². The minimum atomic E-state index is -3.40. The van der Waals surface area contributed by atoms with Gasteiger partial charge in [-0.2, -0.15) is 4.31 Å². The first kappa shape index (κ1) is 15.3. The molecule has 0 amide bonds. The molecule has 1 fully saturated rings. The average molecular weight is 323 g/mol. The lowest BCUT2D eigenvalue weighted by atomic mass is 10.1. The van der Waals surface area contributed by atoms with Crippen molar-refractivity contribution in [2.75, 3.05) is 19.6 Å². The quantitative estimate of drug-likeness (QED) is 0.906. The van der Waals surface area contributed by atoms with Crippen LogP contribution in [0.15, 0.2) is 16.3 Å². The highest BCUT2D eigenvalue weighted by Gasteiger charge is 2.27. The van der Waals surface area contributed by atoms with E-state index in [0.717, 1.165) is 24.3 Å². The molecule has 2 heterocycles. The Morgan fingerprint density at radius 1 is 1.47 bits per heavy atom. The number of piperidine rings is 1. The van der Waals surface area contributed by atoms with Gasteiger partial charge in [0.25, 0.3) is 10.0 Å². The summed E-state index contributed by atoms with van der Waals surface area (Å²) in [6, 6.07) is 3.48. The van der Waals surface area contributed by atoms with E-state index in [9.17, 15) is 8.42 Å². The summed E-state index contributed by atoms with van der Waals surface area (Å²) in [5.74, 6) is 0. The topological polar surface area (TPSA) is 49.4 Å². The summed E-state index contributed by atoms with van der Waals surface area (Å²) in [5.41, 5.74) is 0. The first-order valence-corrected chi connectivity index (χ1v) is 9.16. The summed E-state index contributed by atoms with van der Waals surface area (Å²) in [6.45, 7) is 3.87. The van der Waals surface area contributed by atoms with E-state index in [1.807, 2.05) is 6.92 Å². The zero-order chi connectivity index (χ0) is 13.9. The lowest BCUT2D eigenvalue weighted by molar-refractivity contribution is 0.320. The molecule has 19 heavy (non-hydrogen) atoms. The largest absolute Gasteiger partial charge is 0.313 e. The van der Waals surface area contributed by atoms with E-state index in [1.54, 1.807) is 12.1 Å². The molecule has 1 aromatic heterocycles. The maximum Gasteiger partial charge on any atom is 0.252 e. The fourth-order valence-corrected chi connectivity index (χ4v) is 5.42. The first-order chi connectivity index (χ1) is 9.04. The summed E-state index contributed by atoms with van der Waals surface area (Å²) >= 11 is 6.95. The van der Waals surface area contributed by atoms with Crippen LogP contribution in [0.2, 0.25) is 4.34 Å². The molecular weight excluding hydrogens is 304 g/mol. The number of nitrogens with zero attached hydrogens (tertiary/aromatic N) is 1. The van der Waals surface area contributed by atoms with E-state index in [0.29, 0.717) is 21.6 Å². The minimum Gasteiger partial charge on any atom is -0.313 e. The average Bonchev–Trinajstić information content (AvgIpc) is 2.84. The Hall–Kier alpha value is -0.140. The van der Waals surface area contributed by atoms with Crippen LogP contribution < -0.4 is 5.32 Å². The van der Waals surface area contributed by atoms with Gasteiger partial charge in [-0.15, -0.1) is 11.3 Å². The van der Waals surface area contributed by atoms with Crippen molar-refractivity contribution in [3.05, 3.63) is 16.5 Å². The Balaban J connectivity index is 2.11. The molecule has 108 valence electrons. The molecule has 1 aliphatic rings. The van der Waals surface area contributed by atoms with Gasteiger partial charge in [0.1, 0.15) is 4.21 Å². The number of hydrogen-bond donors (Lipinski definition) is 1. The predicted octanol–water partition coefficient (Wildman–Crippen LogP) is 2.55. The van der Waals surface area contributed by atoms with E-state index in [1.165, 1.54) is 17.1 Å². The lowest BCUT2D eigenvalue weighted by Gasteiger charge is -2.29. The van der Waals surface area contributed by atoms with Crippen LogP contribution in [0, 0.1) is 0 Å². The third kappa shape index (κ3) is 3.70. The first-order valence-electron chi connectivity index (χ1n) is 6.53. The van der Waals surface area contributed by atoms with E-state index < -0.39 is 10.0 Å². The Labute approximate surface area is 123 Å². The molecule has 1 aromatic rings. The predicted molar refractivity (Wildman–Crippen MR) is 79.4 cm³/mol. The van der Waals surface area contributed by atoms with E-state index in [4.69, 9.17) is 11.6 Å². The van der Waals surface area contributed by atoms with Gasteiger partial charge in [0.2, 0.25) is 0 Å². The zero-order valence-electron chi connectivity index (χ0n) is 10.9. The highest BCUT2D eigenvalue weighted by atomic mass is 35.5. The normalized spacial score (nSPS) is 20.9. The minimum absolute atomic E-state index is 0.263. The molecule has 1 N–H and O–H groups in total. The van der Waals surface area contributed by atoms with Crippen LogP contribution in [0.1, 0.15) is 26.2 Å². The number of nitrogens with one attached hydrogen (secondary N) is 1. The Morgan fingerprint density at radius 3 is 2.79 bits per heavy atom. The van der Waals surface area contributed by atoms with Gasteiger partial charge >= 0.3 is 0 Å². The third-order valence-corrected chi connectivity index (χ3v) is 6.97. The van der Waals surface area contributed by atoms with Gasteiger partial charge in [0, 0.05) is 19.1 Å². The summed E-state index contributed by atoms with van der Waals surface area (Å²) < 4.78 is 27.4. The third-order valence-electron chi connectivity index (χ3n) is 3.33. The van der Waals surface area contributed by atoms with Gasteiger partial charge in [-0.1, -0.05) is 24.9 Å². The number of halogens is 1. The Kier molecular flexibility index (Phi) is 5.25. The summed E-state index contributed by atoms with van der Waals surface area (Å²) in [7, 11) is -3.40. The second kappa shape index (κ2) is 6.54. The van der Waals surface area contributed by atoms with Crippen molar-refractivity contribution >= 4 is 33.0 Å². The molecule has 0 saturated carbocycles. The Morgan fingerprint density at radius 2 is 2.26 bits per heavy atom. The summed E-state index contributed by atoms with van der Waals surface area (Å²) in [4.78, 5) is 0. The lowest BCUT2D eigenvalue weighted by Crippen LogP contribution is -2.45. The zero-order valence-corrected chi connectivity index (χ0v) is 13.3. The second-order valence-electron chi connectivity index (χ2n) is 4.66. The van der Waals surface area contributed by atoms with Gasteiger partial charge in [0.05, 0.1) is 4.34 Å². The number of rotatable bonds is 5. The highest BCUT2D eigenvalue weighted by molar-refractivity contribution is 7.91. The SMILES string of the molecule is CCN(CC1CCCCN1)S(=O)(=O)c1ccc(Cl)s1. The van der Waals surface area contributed by atoms with Crippen LogP contribution in [-0.4, -0.2) is 38.4 Å². The standard InChI is InChI=1S/C12H19ClN2O2S2/c1-2-15(9-10-5-3-4-8-14-10)19(16,17)12-7-6-11(13)18-12/h6-7,10,14H,2-5,8-9H2,1H3. The van der Waals surface area contributed by atoms with Crippen LogP contribution in [0.3, 0.4) is 0 Å². The molecule has 0 aromatic carbocycles. The van der Waals surface area contributed by atoms with Gasteiger partial charge in [0.15, 0.2) is 0 Å². The van der Waals surface area contributed by atoms with Gasteiger partial charge < -0.3 is 5.32 Å². The van der Waals surface area contributed by atoms with Crippen LogP contribution in [0.25, 0.3) is 0 Å². The fraction of sp³-hybridized carbons (Fsp3) is 0.667. The number of likely N-dealkylation sites (N-methyl/N-ethyl adjacent to an activating group) is 1. The van der Waals surface area contributed by atoms with Gasteiger partial charge in [-0.25, -0.2) is 8.42 Å². The number of hydrogen-bond acceptors (Lipinski definition) is 4. The molecule has 1 unspecified atom stereocenters. The van der Waals surface area contributed by atoms with Crippen molar-refractivity contribution in [1.29, 1.82) is 0 Å². The van der Waals surface area contributed by atoms with Crippen molar-refractivity contribution in [2.24, 2.45) is 0 Å². The molecule has 0 radical (unpaired) electrons. The van der Waals surface area contributed by atoms with Gasteiger partial charge in [-0.05, 0) is 31.5 Å². The molecule has 2 rings (SSSR count). The summed E-state index contributed by atoms with van der Waals surface area (Å²) in [5, 5.41) is 3.38. The molecule has 7 heteroatoms. The van der Waals surface area contributed by atoms with Crippen LogP contribution >= 0.6 is 22.9 Å². The van der Waals surface area contributed by atoms with Crippen molar-refractivity contribution < 1.29 is 8.42 Å². The van der Waals surface area contributed by atoms with Crippen LogP contribution in [0.4, 0.5) is 0 Å². The molecule has 0 spiro atoms. The second-order valence-corrected chi connectivity index (χ2v) is 8.54. The molecule has 1 saturated heterocycles.